The fraction of sp³-hybridized carbons (Fsp3) is 0.300. The normalized spacial score (nSPS) is 9.96. The fourth-order valence-corrected chi connectivity index (χ4v) is 2.21. The molecule has 0 spiro atoms. The van der Waals surface area contributed by atoms with Crippen LogP contribution in [0, 0.1) is 24.7 Å². The highest BCUT2D eigenvalue weighted by Crippen LogP contribution is 2.20. The third-order valence-corrected chi connectivity index (χ3v) is 3.53. The molecule has 2 rings (SSSR count). The molecular weight excluding hydrogens is 333 g/mol. The highest BCUT2D eigenvalue weighted by molar-refractivity contribution is 6.07. The minimum absolute atomic E-state index is 0.129. The van der Waals surface area contributed by atoms with Crippen molar-refractivity contribution in [3.63, 3.8) is 0 Å². The van der Waals surface area contributed by atoms with E-state index in [1.807, 2.05) is 13.0 Å². The minimum atomic E-state index is -0.682. The van der Waals surface area contributed by atoms with Gasteiger partial charge in [0.25, 0.3) is 5.91 Å². The number of hydrogen-bond donors (Lipinski definition) is 2. The summed E-state index contributed by atoms with van der Waals surface area (Å²) in [4.78, 5) is 15.9. The molecule has 136 valence electrons. The van der Waals surface area contributed by atoms with Crippen LogP contribution in [0.4, 0.5) is 15.9 Å². The van der Waals surface area contributed by atoms with Gasteiger partial charge in [0.05, 0.1) is 12.2 Å². The number of nitrogens with two attached hydrogens (primary N) is 1. The van der Waals surface area contributed by atoms with Crippen LogP contribution in [-0.4, -0.2) is 17.5 Å². The first kappa shape index (κ1) is 19.3. The number of nitrogens with zero attached hydrogens (tertiary/aromatic N) is 1. The molecule has 1 heterocycles. The van der Waals surface area contributed by atoms with Crippen molar-refractivity contribution in [1.82, 2.24) is 4.98 Å². The lowest BCUT2D eigenvalue weighted by Gasteiger charge is -2.10. The fourth-order valence-electron chi connectivity index (χ4n) is 2.21. The summed E-state index contributed by atoms with van der Waals surface area (Å²) in [5.41, 5.74) is 6.58. The number of nitrogen functional groups attached to an aromatic ring is 1. The van der Waals surface area contributed by atoms with Gasteiger partial charge < -0.3 is 15.8 Å². The summed E-state index contributed by atoms with van der Waals surface area (Å²) in [5, 5.41) is 2.72. The molecule has 0 aliphatic heterocycles. The van der Waals surface area contributed by atoms with Gasteiger partial charge in [0.15, 0.2) is 0 Å². The number of unbranched alkanes of at least 4 members (excludes halogenated alkanes) is 1. The number of ether oxygens (including phenoxy) is 1. The number of carbonyl (C=O) groups excluding carboxylic acids is 1. The highest BCUT2D eigenvalue weighted by Gasteiger charge is 2.14. The Balaban J connectivity index is 1.97. The van der Waals surface area contributed by atoms with Crippen molar-refractivity contribution in [3.8, 4) is 17.6 Å². The number of benzene rings is 1. The molecule has 6 heteroatoms. The number of carbonyl (C=O) groups is 1. The molecule has 1 aromatic heterocycles. The van der Waals surface area contributed by atoms with Crippen molar-refractivity contribution in [2.75, 3.05) is 17.7 Å². The predicted octanol–water partition coefficient (Wildman–Crippen LogP) is 3.94. The number of pyridine rings is 1. The zero-order chi connectivity index (χ0) is 18.9. The second-order valence-corrected chi connectivity index (χ2v) is 5.67. The monoisotopic (exact) mass is 355 g/mol. The molecule has 0 aliphatic carbocycles. The first-order valence-corrected chi connectivity index (χ1v) is 8.43. The third kappa shape index (κ3) is 5.49. The van der Waals surface area contributed by atoms with Gasteiger partial charge in [-0.3, -0.25) is 4.79 Å². The summed E-state index contributed by atoms with van der Waals surface area (Å²) >= 11 is 0. The number of aryl methyl sites for hydroxylation is 1. The molecule has 1 amide bonds. The number of amides is 1. The summed E-state index contributed by atoms with van der Waals surface area (Å²) < 4.78 is 19.0. The lowest BCUT2D eigenvalue weighted by atomic mass is 10.1. The summed E-state index contributed by atoms with van der Waals surface area (Å²) in [6.07, 6.45) is 2.48. The van der Waals surface area contributed by atoms with Gasteiger partial charge in [-0.2, -0.15) is 4.39 Å². The van der Waals surface area contributed by atoms with E-state index in [1.54, 1.807) is 18.2 Å². The van der Waals surface area contributed by atoms with Crippen molar-refractivity contribution in [2.45, 2.75) is 33.1 Å². The smallest absolute Gasteiger partial charge is 0.259 e. The molecule has 1 aromatic carbocycles. The SMILES string of the molecule is CCC#CCCCOc1cccc(NC(=O)c2cc(C)c(F)nc2N)c1. The van der Waals surface area contributed by atoms with Gasteiger partial charge >= 0.3 is 0 Å². The van der Waals surface area contributed by atoms with Gasteiger partial charge in [-0.25, -0.2) is 4.98 Å². The van der Waals surface area contributed by atoms with Crippen molar-refractivity contribution in [1.29, 1.82) is 0 Å². The number of halogens is 1. The molecule has 0 saturated heterocycles. The van der Waals surface area contributed by atoms with E-state index in [4.69, 9.17) is 10.5 Å². The number of rotatable bonds is 6. The van der Waals surface area contributed by atoms with E-state index >= 15 is 0 Å². The van der Waals surface area contributed by atoms with Crippen molar-refractivity contribution < 1.29 is 13.9 Å². The molecule has 3 N–H and O–H groups in total. The molecule has 0 bridgehead atoms. The molecule has 0 atom stereocenters. The molecule has 5 nitrogen and oxygen atoms in total. The van der Waals surface area contributed by atoms with Gasteiger partial charge in [-0.05, 0) is 31.5 Å². The van der Waals surface area contributed by atoms with Crippen molar-refractivity contribution in [2.24, 2.45) is 0 Å². The standard InChI is InChI=1S/C20H22FN3O2/c1-3-4-5-6-7-11-26-16-10-8-9-15(13-16)23-20(25)17-12-14(2)18(21)24-19(17)22/h8-10,12-13H,3,6-7,11H2,1-2H3,(H2,22,24)(H,23,25). The average molecular weight is 355 g/mol. The maximum atomic E-state index is 13.4. The van der Waals surface area contributed by atoms with Crippen LogP contribution in [0.25, 0.3) is 0 Å². The average Bonchev–Trinajstić information content (AvgIpc) is 2.61. The van der Waals surface area contributed by atoms with Crippen molar-refractivity contribution >= 4 is 17.4 Å². The van der Waals surface area contributed by atoms with Gasteiger partial charge in [0.2, 0.25) is 5.95 Å². The topological polar surface area (TPSA) is 77.2 Å². The zero-order valence-corrected chi connectivity index (χ0v) is 14.9. The third-order valence-electron chi connectivity index (χ3n) is 3.53. The molecule has 26 heavy (non-hydrogen) atoms. The molecule has 0 saturated carbocycles. The Bertz CT molecular complexity index is 841. The van der Waals surface area contributed by atoms with Crippen LogP contribution >= 0.6 is 0 Å². The van der Waals surface area contributed by atoms with Gasteiger partial charge in [-0.15, -0.1) is 11.8 Å². The molecule has 0 aliphatic rings. The van der Waals surface area contributed by atoms with Gasteiger partial charge in [-0.1, -0.05) is 13.0 Å². The lowest BCUT2D eigenvalue weighted by molar-refractivity contribution is 0.102. The molecule has 0 unspecified atom stereocenters. The summed E-state index contributed by atoms with van der Waals surface area (Å²) in [5.74, 6) is 5.44. The zero-order valence-electron chi connectivity index (χ0n) is 14.9. The Morgan fingerprint density at radius 3 is 2.92 bits per heavy atom. The lowest BCUT2D eigenvalue weighted by Crippen LogP contribution is -2.16. The molecule has 0 fully saturated rings. The Labute approximate surface area is 152 Å². The molecule has 0 radical (unpaired) electrons. The summed E-state index contributed by atoms with van der Waals surface area (Å²) in [6, 6.07) is 8.42. The van der Waals surface area contributed by atoms with Gasteiger partial charge in [0, 0.05) is 30.2 Å². The Morgan fingerprint density at radius 1 is 1.35 bits per heavy atom. The Morgan fingerprint density at radius 2 is 2.15 bits per heavy atom. The maximum absolute atomic E-state index is 13.4. The quantitative estimate of drug-likeness (QED) is 0.467. The van der Waals surface area contributed by atoms with E-state index in [9.17, 15) is 9.18 Å². The Hall–Kier alpha value is -3.07. The van der Waals surface area contributed by atoms with Crippen LogP contribution in [0.15, 0.2) is 30.3 Å². The van der Waals surface area contributed by atoms with E-state index in [2.05, 4.69) is 22.1 Å². The Kier molecular flexibility index (Phi) is 6.98. The first-order valence-electron chi connectivity index (χ1n) is 8.43. The summed E-state index contributed by atoms with van der Waals surface area (Å²) in [6.45, 7) is 4.09. The first-order chi connectivity index (χ1) is 12.5. The van der Waals surface area contributed by atoms with E-state index in [0.29, 0.717) is 18.0 Å². The van der Waals surface area contributed by atoms with Crippen LogP contribution in [0.2, 0.25) is 0 Å². The predicted molar refractivity (Wildman–Crippen MR) is 101 cm³/mol. The van der Waals surface area contributed by atoms with E-state index in [1.165, 1.54) is 13.0 Å². The second-order valence-electron chi connectivity index (χ2n) is 5.67. The maximum Gasteiger partial charge on any atom is 0.259 e. The number of hydrogen-bond acceptors (Lipinski definition) is 4. The summed E-state index contributed by atoms with van der Waals surface area (Å²) in [7, 11) is 0. The van der Waals surface area contributed by atoms with Gasteiger partial charge in [0.1, 0.15) is 11.6 Å². The van der Waals surface area contributed by atoms with Crippen molar-refractivity contribution in [3.05, 3.63) is 47.4 Å². The molecular formula is C20H22FN3O2. The van der Waals surface area contributed by atoms with Crippen LogP contribution in [0.1, 0.15) is 42.1 Å². The minimum Gasteiger partial charge on any atom is -0.493 e. The molecule has 2 aromatic rings. The number of nitrogens with one attached hydrogen (secondary N) is 1. The van der Waals surface area contributed by atoms with Crippen LogP contribution in [0.3, 0.4) is 0 Å². The largest absolute Gasteiger partial charge is 0.493 e. The van der Waals surface area contributed by atoms with Crippen LogP contribution < -0.4 is 15.8 Å². The van der Waals surface area contributed by atoms with E-state index in [0.717, 1.165) is 19.3 Å². The second kappa shape index (κ2) is 9.42. The van der Waals surface area contributed by atoms with Crippen LogP contribution in [-0.2, 0) is 0 Å². The van der Waals surface area contributed by atoms with E-state index in [-0.39, 0.29) is 16.9 Å². The number of anilines is 2. The van der Waals surface area contributed by atoms with Crippen LogP contribution in [0.5, 0.6) is 5.75 Å². The highest BCUT2D eigenvalue weighted by atomic mass is 19.1. The van der Waals surface area contributed by atoms with E-state index < -0.39 is 11.9 Å². The number of aromatic nitrogens is 1.